The molecule has 6 N–H and O–H groups in total. The molecule has 0 aromatic heterocycles. The van der Waals surface area contributed by atoms with E-state index in [0.29, 0.717) is 13.0 Å². The average molecular weight is 436 g/mol. The molecule has 0 bridgehead atoms. The molecular formula is C22H46ClN3O3. The van der Waals surface area contributed by atoms with E-state index in [1.165, 1.54) is 58.3 Å². The third-order valence-electron chi connectivity index (χ3n) is 5.06. The molecule has 0 aromatic carbocycles. The Morgan fingerprint density at radius 3 is 1.86 bits per heavy atom. The molecule has 29 heavy (non-hydrogen) atoms. The Hall–Kier alpha value is -0.850. The van der Waals surface area contributed by atoms with Crippen molar-refractivity contribution < 1.29 is 32.8 Å². The van der Waals surface area contributed by atoms with Crippen molar-refractivity contribution in [1.29, 1.82) is 0 Å². The monoisotopic (exact) mass is 435 g/mol. The van der Waals surface area contributed by atoms with E-state index in [-0.39, 0.29) is 24.2 Å². The number of amides is 2. The SMILES string of the molecule is CCCCCCCCCCCCCC(=O)N[C@H](C(=O)NCCCC[NH3+])[C@@H](C)O.[Cl-]. The molecule has 0 aliphatic carbocycles. The molecule has 0 radical (unpaired) electrons. The summed E-state index contributed by atoms with van der Waals surface area (Å²) >= 11 is 0. The van der Waals surface area contributed by atoms with Crippen LogP contribution in [0.4, 0.5) is 0 Å². The first-order valence-electron chi connectivity index (χ1n) is 11.6. The molecule has 174 valence electrons. The van der Waals surface area contributed by atoms with Gasteiger partial charge in [-0.25, -0.2) is 0 Å². The zero-order valence-corrected chi connectivity index (χ0v) is 19.6. The fraction of sp³-hybridized carbons (Fsp3) is 0.909. The van der Waals surface area contributed by atoms with Crippen LogP contribution in [0.5, 0.6) is 0 Å². The molecule has 0 saturated carbocycles. The highest BCUT2D eigenvalue weighted by molar-refractivity contribution is 5.88. The Bertz CT molecular complexity index is 395. The number of hydrogen-bond acceptors (Lipinski definition) is 3. The van der Waals surface area contributed by atoms with Gasteiger partial charge in [0.25, 0.3) is 0 Å². The molecule has 2 atom stereocenters. The summed E-state index contributed by atoms with van der Waals surface area (Å²) in [6.07, 6.45) is 14.9. The third kappa shape index (κ3) is 18.9. The van der Waals surface area contributed by atoms with Gasteiger partial charge >= 0.3 is 0 Å². The first kappa shape index (κ1) is 30.3. The van der Waals surface area contributed by atoms with Crippen LogP contribution in [0.2, 0.25) is 0 Å². The summed E-state index contributed by atoms with van der Waals surface area (Å²) in [5.41, 5.74) is 3.77. The summed E-state index contributed by atoms with van der Waals surface area (Å²) in [6, 6.07) is -0.875. The maximum Gasteiger partial charge on any atom is 0.245 e. The minimum Gasteiger partial charge on any atom is -1.00 e. The summed E-state index contributed by atoms with van der Waals surface area (Å²) in [6.45, 7) is 5.16. The Balaban J connectivity index is 0. The van der Waals surface area contributed by atoms with Gasteiger partial charge in [0.2, 0.25) is 11.8 Å². The highest BCUT2D eigenvalue weighted by atomic mass is 35.5. The van der Waals surface area contributed by atoms with Crippen LogP contribution in [-0.2, 0) is 9.59 Å². The van der Waals surface area contributed by atoms with Crippen LogP contribution < -0.4 is 28.8 Å². The lowest BCUT2D eigenvalue weighted by molar-refractivity contribution is -0.368. The van der Waals surface area contributed by atoms with Crippen LogP contribution in [0.1, 0.15) is 104 Å². The number of quaternary nitrogens is 1. The molecule has 0 saturated heterocycles. The van der Waals surface area contributed by atoms with Gasteiger partial charge in [0.15, 0.2) is 0 Å². The van der Waals surface area contributed by atoms with Crippen molar-refractivity contribution in [2.24, 2.45) is 0 Å². The van der Waals surface area contributed by atoms with Gasteiger partial charge in [-0.1, -0.05) is 71.1 Å². The van der Waals surface area contributed by atoms with Crippen LogP contribution in [0.15, 0.2) is 0 Å². The normalized spacial score (nSPS) is 12.7. The summed E-state index contributed by atoms with van der Waals surface area (Å²) in [7, 11) is 0. The second-order valence-corrected chi connectivity index (χ2v) is 7.92. The van der Waals surface area contributed by atoms with Crippen LogP contribution in [0.25, 0.3) is 0 Å². The number of rotatable bonds is 19. The van der Waals surface area contributed by atoms with Crippen molar-refractivity contribution in [3.63, 3.8) is 0 Å². The molecule has 2 amide bonds. The number of unbranched alkanes of at least 4 members (excludes halogenated alkanes) is 11. The lowest BCUT2D eigenvalue weighted by Gasteiger charge is -2.21. The molecule has 0 fully saturated rings. The van der Waals surface area contributed by atoms with Crippen LogP contribution >= 0.6 is 0 Å². The third-order valence-corrected chi connectivity index (χ3v) is 5.06. The van der Waals surface area contributed by atoms with Crippen molar-refractivity contribution in [3.8, 4) is 0 Å². The summed E-state index contributed by atoms with van der Waals surface area (Å²) < 4.78 is 0. The van der Waals surface area contributed by atoms with Gasteiger partial charge < -0.3 is 33.9 Å². The number of carbonyl (C=O) groups excluding carboxylic acids is 2. The fourth-order valence-corrected chi connectivity index (χ4v) is 3.22. The van der Waals surface area contributed by atoms with Crippen LogP contribution in [0.3, 0.4) is 0 Å². The van der Waals surface area contributed by atoms with Crippen molar-refractivity contribution in [1.82, 2.24) is 10.6 Å². The van der Waals surface area contributed by atoms with Crippen molar-refractivity contribution in [2.45, 2.75) is 116 Å². The van der Waals surface area contributed by atoms with E-state index in [0.717, 1.165) is 38.6 Å². The van der Waals surface area contributed by atoms with Gasteiger partial charge in [-0.3, -0.25) is 9.59 Å². The average Bonchev–Trinajstić information content (AvgIpc) is 2.67. The molecule has 0 unspecified atom stereocenters. The first-order chi connectivity index (χ1) is 13.5. The number of aliphatic hydroxyl groups excluding tert-OH is 1. The molecule has 6 nitrogen and oxygen atoms in total. The predicted octanol–water partition coefficient (Wildman–Crippen LogP) is -0.305. The van der Waals surface area contributed by atoms with E-state index in [1.54, 1.807) is 0 Å². The minimum absolute atomic E-state index is 0. The van der Waals surface area contributed by atoms with E-state index in [4.69, 9.17) is 0 Å². The second-order valence-electron chi connectivity index (χ2n) is 7.92. The van der Waals surface area contributed by atoms with Gasteiger partial charge in [-0.2, -0.15) is 0 Å². The van der Waals surface area contributed by atoms with E-state index in [9.17, 15) is 14.7 Å². The number of aliphatic hydroxyl groups is 1. The molecule has 0 spiro atoms. The van der Waals surface area contributed by atoms with E-state index in [1.807, 2.05) is 0 Å². The van der Waals surface area contributed by atoms with Gasteiger partial charge in [0.1, 0.15) is 6.04 Å². The van der Waals surface area contributed by atoms with Gasteiger partial charge in [-0.15, -0.1) is 0 Å². The summed E-state index contributed by atoms with van der Waals surface area (Å²) in [5, 5.41) is 15.3. The number of halogens is 1. The Labute approximate surface area is 184 Å². The molecule has 0 aliphatic rings. The second kappa shape index (κ2) is 21.8. The summed E-state index contributed by atoms with van der Waals surface area (Å²) in [5.74, 6) is -0.471. The Morgan fingerprint density at radius 2 is 1.38 bits per heavy atom. The first-order valence-corrected chi connectivity index (χ1v) is 11.6. The number of carbonyl (C=O) groups is 2. The lowest BCUT2D eigenvalue weighted by atomic mass is 10.0. The molecule has 0 heterocycles. The standard InChI is InChI=1S/C22H45N3O3.ClH/c1-3-4-5-6-7-8-9-10-11-12-13-16-20(27)25-21(19(2)26)22(28)24-18-15-14-17-23;/h19,21,26H,3-18,23H2,1-2H3,(H,24,28)(H,25,27);1H/t19-,21+;/m1./s1. The van der Waals surface area contributed by atoms with Crippen molar-refractivity contribution in [2.75, 3.05) is 13.1 Å². The smallest absolute Gasteiger partial charge is 0.245 e. The zero-order valence-electron chi connectivity index (χ0n) is 18.8. The van der Waals surface area contributed by atoms with Crippen LogP contribution in [-0.4, -0.2) is 42.2 Å². The largest absolute Gasteiger partial charge is 1.00 e. The molecule has 0 rings (SSSR count). The van der Waals surface area contributed by atoms with E-state index >= 15 is 0 Å². The van der Waals surface area contributed by atoms with Crippen molar-refractivity contribution >= 4 is 11.8 Å². The summed E-state index contributed by atoms with van der Waals surface area (Å²) in [4.78, 5) is 24.2. The molecular weight excluding hydrogens is 390 g/mol. The number of nitrogens with one attached hydrogen (secondary N) is 2. The molecule has 0 aromatic rings. The highest BCUT2D eigenvalue weighted by Gasteiger charge is 2.24. The van der Waals surface area contributed by atoms with Crippen LogP contribution in [0, 0.1) is 0 Å². The number of hydrogen-bond donors (Lipinski definition) is 4. The quantitative estimate of drug-likeness (QED) is 0.209. The molecule has 0 aliphatic heterocycles. The fourth-order valence-electron chi connectivity index (χ4n) is 3.22. The lowest BCUT2D eigenvalue weighted by Crippen LogP contribution is -3.00. The van der Waals surface area contributed by atoms with Gasteiger partial charge in [-0.05, 0) is 26.2 Å². The molecule has 7 heteroatoms. The minimum atomic E-state index is -0.908. The maximum atomic E-state index is 12.1. The Morgan fingerprint density at radius 1 is 0.862 bits per heavy atom. The Kier molecular flexibility index (Phi) is 22.9. The zero-order chi connectivity index (χ0) is 21.0. The van der Waals surface area contributed by atoms with E-state index < -0.39 is 12.1 Å². The van der Waals surface area contributed by atoms with Crippen molar-refractivity contribution in [3.05, 3.63) is 0 Å². The topological polar surface area (TPSA) is 106 Å². The van der Waals surface area contributed by atoms with Gasteiger partial charge in [0, 0.05) is 13.0 Å². The van der Waals surface area contributed by atoms with E-state index in [2.05, 4.69) is 23.3 Å². The highest BCUT2D eigenvalue weighted by Crippen LogP contribution is 2.12. The maximum absolute atomic E-state index is 12.1. The van der Waals surface area contributed by atoms with Gasteiger partial charge in [0.05, 0.1) is 12.6 Å². The predicted molar refractivity (Wildman–Crippen MR) is 115 cm³/mol.